The van der Waals surface area contributed by atoms with Crippen molar-refractivity contribution in [3.8, 4) is 0 Å². The standard InChI is InChI=1S/C17H15N3O4/c1-10(21)19-20-14-7-8-15(22)12(14)9-13(17(20)24)18-16(23)11-5-3-2-4-6-11/h2-6,9H,7-8H2,1H3,(H,18,23)(H,19,21). The summed E-state index contributed by atoms with van der Waals surface area (Å²) in [5.41, 5.74) is 2.96. The number of nitrogens with one attached hydrogen (secondary N) is 2. The molecule has 0 atom stereocenters. The molecule has 0 radical (unpaired) electrons. The predicted molar refractivity (Wildman–Crippen MR) is 87.8 cm³/mol. The van der Waals surface area contributed by atoms with Crippen molar-refractivity contribution in [1.82, 2.24) is 4.68 Å². The van der Waals surface area contributed by atoms with Crippen molar-refractivity contribution in [1.29, 1.82) is 0 Å². The van der Waals surface area contributed by atoms with E-state index < -0.39 is 17.4 Å². The fourth-order valence-corrected chi connectivity index (χ4v) is 2.66. The predicted octanol–water partition coefficient (Wildman–Crippen LogP) is 1.32. The highest BCUT2D eigenvalue weighted by Gasteiger charge is 2.26. The number of hydrogen-bond donors (Lipinski definition) is 2. The van der Waals surface area contributed by atoms with Crippen LogP contribution in [0.5, 0.6) is 0 Å². The Kier molecular flexibility index (Phi) is 3.99. The molecule has 1 aliphatic rings. The molecule has 0 aliphatic heterocycles. The maximum absolute atomic E-state index is 12.6. The molecule has 0 saturated carbocycles. The number of carbonyl (C=O) groups excluding carboxylic acids is 3. The lowest BCUT2D eigenvalue weighted by atomic mass is 10.1. The maximum atomic E-state index is 12.6. The summed E-state index contributed by atoms with van der Waals surface area (Å²) in [6.45, 7) is 1.27. The molecule has 0 fully saturated rings. The number of carbonyl (C=O) groups is 3. The molecular formula is C17H15N3O4. The van der Waals surface area contributed by atoms with Gasteiger partial charge in [-0.05, 0) is 24.6 Å². The fraction of sp³-hybridized carbons (Fsp3) is 0.176. The quantitative estimate of drug-likeness (QED) is 0.889. The second-order valence-corrected chi connectivity index (χ2v) is 5.47. The van der Waals surface area contributed by atoms with E-state index >= 15 is 0 Å². The Bertz CT molecular complexity index is 900. The van der Waals surface area contributed by atoms with Crippen LogP contribution in [0.1, 0.15) is 39.8 Å². The molecule has 0 saturated heterocycles. The average Bonchev–Trinajstić information content (AvgIpc) is 2.93. The fourth-order valence-electron chi connectivity index (χ4n) is 2.66. The van der Waals surface area contributed by atoms with Crippen molar-refractivity contribution in [3.63, 3.8) is 0 Å². The Balaban J connectivity index is 2.04. The summed E-state index contributed by atoms with van der Waals surface area (Å²) in [5, 5.41) is 2.51. The summed E-state index contributed by atoms with van der Waals surface area (Å²) in [4.78, 5) is 48.2. The maximum Gasteiger partial charge on any atom is 0.293 e. The van der Waals surface area contributed by atoms with Crippen LogP contribution < -0.4 is 16.3 Å². The first-order chi connectivity index (χ1) is 11.5. The monoisotopic (exact) mass is 325 g/mol. The molecule has 2 aromatic rings. The van der Waals surface area contributed by atoms with E-state index in [-0.39, 0.29) is 17.9 Å². The number of amides is 2. The third kappa shape index (κ3) is 2.83. The Morgan fingerprint density at radius 1 is 1.08 bits per heavy atom. The minimum Gasteiger partial charge on any atom is -0.317 e. The molecule has 7 nitrogen and oxygen atoms in total. The zero-order valence-electron chi connectivity index (χ0n) is 13.0. The lowest BCUT2D eigenvalue weighted by Crippen LogP contribution is -2.36. The molecule has 1 aliphatic carbocycles. The van der Waals surface area contributed by atoms with Gasteiger partial charge < -0.3 is 5.32 Å². The third-order valence-corrected chi connectivity index (χ3v) is 3.75. The number of pyridine rings is 1. The molecule has 122 valence electrons. The SMILES string of the molecule is CC(=O)Nn1c2c(cc(NC(=O)c3ccccc3)c1=O)C(=O)CC2. The lowest BCUT2D eigenvalue weighted by Gasteiger charge is -2.14. The first-order valence-electron chi connectivity index (χ1n) is 7.43. The van der Waals surface area contributed by atoms with Crippen LogP contribution in [0.2, 0.25) is 0 Å². The second kappa shape index (κ2) is 6.11. The van der Waals surface area contributed by atoms with Gasteiger partial charge in [0.2, 0.25) is 5.91 Å². The van der Waals surface area contributed by atoms with E-state index in [1.54, 1.807) is 30.3 Å². The molecule has 1 aromatic carbocycles. The minimum atomic E-state index is -0.581. The number of fused-ring (bicyclic) bond motifs is 1. The number of benzene rings is 1. The molecule has 2 N–H and O–H groups in total. The van der Waals surface area contributed by atoms with Crippen LogP contribution in [0, 0.1) is 0 Å². The lowest BCUT2D eigenvalue weighted by molar-refractivity contribution is -0.115. The van der Waals surface area contributed by atoms with Crippen molar-refractivity contribution in [2.75, 3.05) is 10.7 Å². The van der Waals surface area contributed by atoms with Crippen LogP contribution in [-0.4, -0.2) is 22.3 Å². The molecule has 2 amide bonds. The first kappa shape index (κ1) is 15.7. The second-order valence-electron chi connectivity index (χ2n) is 5.47. The molecule has 3 rings (SSSR count). The number of aromatic nitrogens is 1. The highest BCUT2D eigenvalue weighted by Crippen LogP contribution is 2.22. The summed E-state index contributed by atoms with van der Waals surface area (Å²) in [6, 6.07) is 9.79. The summed E-state index contributed by atoms with van der Waals surface area (Å²) < 4.78 is 1.04. The van der Waals surface area contributed by atoms with Gasteiger partial charge in [0.25, 0.3) is 11.5 Å². The van der Waals surface area contributed by atoms with Gasteiger partial charge in [0.1, 0.15) is 5.69 Å². The number of hydrogen-bond acceptors (Lipinski definition) is 4. The van der Waals surface area contributed by atoms with Crippen LogP contribution in [-0.2, 0) is 11.2 Å². The molecule has 0 spiro atoms. The Morgan fingerprint density at radius 2 is 1.79 bits per heavy atom. The van der Waals surface area contributed by atoms with Crippen LogP contribution in [0.4, 0.5) is 5.69 Å². The zero-order valence-corrected chi connectivity index (χ0v) is 13.0. The Hall–Kier alpha value is -3.22. The van der Waals surface area contributed by atoms with Gasteiger partial charge in [0, 0.05) is 24.5 Å². The van der Waals surface area contributed by atoms with Crippen molar-refractivity contribution >= 4 is 23.3 Å². The topological polar surface area (TPSA) is 97.3 Å². The number of rotatable bonds is 3. The number of anilines is 1. The van der Waals surface area contributed by atoms with E-state index in [4.69, 9.17) is 0 Å². The van der Waals surface area contributed by atoms with Gasteiger partial charge >= 0.3 is 0 Å². The minimum absolute atomic E-state index is 0.0494. The molecule has 0 bridgehead atoms. The van der Waals surface area contributed by atoms with Gasteiger partial charge in [-0.25, -0.2) is 4.68 Å². The zero-order chi connectivity index (χ0) is 17.3. The van der Waals surface area contributed by atoms with Gasteiger partial charge in [-0.1, -0.05) is 18.2 Å². The van der Waals surface area contributed by atoms with Gasteiger partial charge in [0.05, 0.1) is 5.69 Å². The molecule has 1 heterocycles. The van der Waals surface area contributed by atoms with Crippen LogP contribution in [0.3, 0.4) is 0 Å². The molecule has 24 heavy (non-hydrogen) atoms. The van der Waals surface area contributed by atoms with Crippen molar-refractivity contribution < 1.29 is 14.4 Å². The van der Waals surface area contributed by atoms with E-state index in [9.17, 15) is 19.2 Å². The number of Topliss-reactive ketones (excluding diaryl/α,β-unsaturated/α-hetero) is 1. The summed E-state index contributed by atoms with van der Waals surface area (Å²) in [7, 11) is 0. The van der Waals surface area contributed by atoms with Gasteiger partial charge in [-0.15, -0.1) is 0 Å². The molecular weight excluding hydrogens is 310 g/mol. The van der Waals surface area contributed by atoms with E-state index in [1.807, 2.05) is 0 Å². The highest BCUT2D eigenvalue weighted by molar-refractivity contribution is 6.06. The van der Waals surface area contributed by atoms with Crippen LogP contribution in [0.25, 0.3) is 0 Å². The van der Waals surface area contributed by atoms with Gasteiger partial charge in [-0.2, -0.15) is 0 Å². The van der Waals surface area contributed by atoms with E-state index in [2.05, 4.69) is 10.7 Å². The van der Waals surface area contributed by atoms with Crippen molar-refractivity contribution in [3.05, 3.63) is 63.6 Å². The first-order valence-corrected chi connectivity index (χ1v) is 7.43. The third-order valence-electron chi connectivity index (χ3n) is 3.75. The van der Waals surface area contributed by atoms with Crippen LogP contribution in [0.15, 0.2) is 41.2 Å². The molecule has 7 heteroatoms. The van der Waals surface area contributed by atoms with Crippen LogP contribution >= 0.6 is 0 Å². The number of ketones is 1. The van der Waals surface area contributed by atoms with E-state index in [1.165, 1.54) is 13.0 Å². The highest BCUT2D eigenvalue weighted by atomic mass is 16.2. The summed E-state index contributed by atoms with van der Waals surface area (Å²) in [6.07, 6.45) is 0.640. The molecule has 0 unspecified atom stereocenters. The molecule has 1 aromatic heterocycles. The smallest absolute Gasteiger partial charge is 0.293 e. The summed E-state index contributed by atoms with van der Waals surface area (Å²) >= 11 is 0. The largest absolute Gasteiger partial charge is 0.317 e. The Morgan fingerprint density at radius 3 is 2.46 bits per heavy atom. The Labute approximate surface area is 137 Å². The van der Waals surface area contributed by atoms with Crippen molar-refractivity contribution in [2.24, 2.45) is 0 Å². The van der Waals surface area contributed by atoms with Crippen molar-refractivity contribution in [2.45, 2.75) is 19.8 Å². The van der Waals surface area contributed by atoms with E-state index in [0.29, 0.717) is 23.2 Å². The van der Waals surface area contributed by atoms with Gasteiger partial charge in [0.15, 0.2) is 5.78 Å². The average molecular weight is 325 g/mol. The van der Waals surface area contributed by atoms with Gasteiger partial charge in [-0.3, -0.25) is 24.6 Å². The van der Waals surface area contributed by atoms with E-state index in [0.717, 1.165) is 4.68 Å². The number of nitrogens with zero attached hydrogens (tertiary/aromatic N) is 1. The summed E-state index contributed by atoms with van der Waals surface area (Å²) in [5.74, 6) is -1.03. The normalized spacial score (nSPS) is 12.6.